The Labute approximate surface area is 145 Å². The van der Waals surface area contributed by atoms with E-state index in [0.29, 0.717) is 19.4 Å². The SMILES string of the molecule is CC(CNC(=O)CCCCCBr)OC(=O)CCCCCBr. The number of unbranched alkanes of at least 4 members (excludes halogenated alkanes) is 4. The maximum absolute atomic E-state index is 11.6. The van der Waals surface area contributed by atoms with Gasteiger partial charge in [-0.1, -0.05) is 44.7 Å². The average Bonchev–Trinajstić information content (AvgIpc) is 2.46. The molecule has 0 fully saturated rings. The van der Waals surface area contributed by atoms with Gasteiger partial charge in [-0.05, 0) is 32.6 Å². The molecule has 0 aromatic carbocycles. The minimum Gasteiger partial charge on any atom is -0.461 e. The van der Waals surface area contributed by atoms with Crippen LogP contribution >= 0.6 is 31.9 Å². The molecule has 0 radical (unpaired) electrons. The van der Waals surface area contributed by atoms with Crippen LogP contribution in [-0.4, -0.2) is 35.2 Å². The molecule has 4 nitrogen and oxygen atoms in total. The van der Waals surface area contributed by atoms with Crippen LogP contribution in [0.15, 0.2) is 0 Å². The lowest BCUT2D eigenvalue weighted by molar-refractivity contribution is -0.148. The third-order valence-electron chi connectivity index (χ3n) is 2.97. The molecule has 0 aromatic rings. The number of carbonyl (C=O) groups is 2. The highest BCUT2D eigenvalue weighted by Crippen LogP contribution is 2.05. The molecule has 0 saturated carbocycles. The number of hydrogen-bond acceptors (Lipinski definition) is 3. The highest BCUT2D eigenvalue weighted by molar-refractivity contribution is 9.09. The largest absolute Gasteiger partial charge is 0.461 e. The van der Waals surface area contributed by atoms with Crippen LogP contribution in [0.4, 0.5) is 0 Å². The second kappa shape index (κ2) is 14.8. The number of nitrogens with one attached hydrogen (secondary N) is 1. The first-order chi connectivity index (χ1) is 10.1. The van der Waals surface area contributed by atoms with Gasteiger partial charge in [-0.3, -0.25) is 9.59 Å². The highest BCUT2D eigenvalue weighted by atomic mass is 79.9. The van der Waals surface area contributed by atoms with Gasteiger partial charge in [-0.15, -0.1) is 0 Å². The van der Waals surface area contributed by atoms with Crippen LogP contribution in [0.1, 0.15) is 58.3 Å². The van der Waals surface area contributed by atoms with Crippen LogP contribution in [0.25, 0.3) is 0 Å². The topological polar surface area (TPSA) is 55.4 Å². The van der Waals surface area contributed by atoms with Crippen LogP contribution in [0, 0.1) is 0 Å². The summed E-state index contributed by atoms with van der Waals surface area (Å²) in [5.41, 5.74) is 0. The average molecular weight is 429 g/mol. The Kier molecular flexibility index (Phi) is 14.8. The second-order valence-electron chi connectivity index (χ2n) is 5.10. The molecule has 0 bridgehead atoms. The fourth-order valence-corrected chi connectivity index (χ4v) is 2.56. The van der Waals surface area contributed by atoms with Crippen molar-refractivity contribution in [3.63, 3.8) is 0 Å². The highest BCUT2D eigenvalue weighted by Gasteiger charge is 2.10. The lowest BCUT2D eigenvalue weighted by atomic mass is 10.2. The zero-order chi connectivity index (χ0) is 15.9. The molecule has 0 aromatic heterocycles. The van der Waals surface area contributed by atoms with Crippen LogP contribution in [-0.2, 0) is 14.3 Å². The Hall–Kier alpha value is -0.100. The van der Waals surface area contributed by atoms with Gasteiger partial charge >= 0.3 is 5.97 Å². The summed E-state index contributed by atoms with van der Waals surface area (Å²) in [5, 5.41) is 4.76. The fraction of sp³-hybridized carbons (Fsp3) is 0.867. The first-order valence-corrected chi connectivity index (χ1v) is 9.92. The summed E-state index contributed by atoms with van der Waals surface area (Å²) < 4.78 is 5.25. The van der Waals surface area contributed by atoms with E-state index in [2.05, 4.69) is 37.2 Å². The van der Waals surface area contributed by atoms with Crippen molar-refractivity contribution >= 4 is 43.7 Å². The first kappa shape index (κ1) is 20.9. The summed E-state index contributed by atoms with van der Waals surface area (Å²) >= 11 is 6.72. The Balaban J connectivity index is 3.57. The van der Waals surface area contributed by atoms with E-state index >= 15 is 0 Å². The normalized spacial score (nSPS) is 12.0. The zero-order valence-corrected chi connectivity index (χ0v) is 16.0. The van der Waals surface area contributed by atoms with E-state index in [-0.39, 0.29) is 18.0 Å². The van der Waals surface area contributed by atoms with Crippen molar-refractivity contribution in [1.82, 2.24) is 5.32 Å². The molecule has 1 amide bonds. The molecule has 0 heterocycles. The van der Waals surface area contributed by atoms with E-state index in [1.807, 2.05) is 6.92 Å². The predicted octanol–water partition coefficient (Wildman–Crippen LogP) is 3.94. The number of alkyl halides is 2. The summed E-state index contributed by atoms with van der Waals surface area (Å²) in [6, 6.07) is 0. The van der Waals surface area contributed by atoms with Gasteiger partial charge in [0.25, 0.3) is 0 Å². The van der Waals surface area contributed by atoms with Gasteiger partial charge < -0.3 is 10.1 Å². The van der Waals surface area contributed by atoms with E-state index < -0.39 is 0 Å². The van der Waals surface area contributed by atoms with Crippen molar-refractivity contribution < 1.29 is 14.3 Å². The molecule has 0 aliphatic rings. The molecule has 0 rings (SSSR count). The number of rotatable bonds is 13. The standard InChI is InChI=1S/C15H27Br2NO3/c1-13(21-15(20)9-5-3-7-11-17)12-18-14(19)8-4-2-6-10-16/h13H,2-12H2,1H3,(H,18,19). The summed E-state index contributed by atoms with van der Waals surface area (Å²) in [4.78, 5) is 23.1. The van der Waals surface area contributed by atoms with Crippen molar-refractivity contribution in [2.45, 2.75) is 64.4 Å². The molecular formula is C15H27Br2NO3. The molecule has 21 heavy (non-hydrogen) atoms. The fourth-order valence-electron chi connectivity index (χ4n) is 1.77. The van der Waals surface area contributed by atoms with Gasteiger partial charge in [-0.2, -0.15) is 0 Å². The predicted molar refractivity (Wildman–Crippen MR) is 93.1 cm³/mol. The number of halogens is 2. The van der Waals surface area contributed by atoms with Gasteiger partial charge in [0.05, 0.1) is 6.54 Å². The van der Waals surface area contributed by atoms with E-state index in [1.165, 1.54) is 0 Å². The maximum Gasteiger partial charge on any atom is 0.306 e. The third-order valence-corrected chi connectivity index (χ3v) is 4.09. The van der Waals surface area contributed by atoms with Crippen molar-refractivity contribution in [1.29, 1.82) is 0 Å². The van der Waals surface area contributed by atoms with E-state index in [1.54, 1.807) is 0 Å². The quantitative estimate of drug-likeness (QED) is 0.274. The number of ether oxygens (including phenoxy) is 1. The van der Waals surface area contributed by atoms with Gasteiger partial charge in [0.15, 0.2) is 0 Å². The van der Waals surface area contributed by atoms with E-state index in [0.717, 1.165) is 49.2 Å². The van der Waals surface area contributed by atoms with Crippen LogP contribution in [0.2, 0.25) is 0 Å². The molecule has 124 valence electrons. The Morgan fingerprint density at radius 3 is 2.10 bits per heavy atom. The molecule has 0 aliphatic heterocycles. The van der Waals surface area contributed by atoms with Crippen LogP contribution < -0.4 is 5.32 Å². The number of amides is 1. The molecule has 1 N–H and O–H groups in total. The Bertz CT molecular complexity index is 288. The van der Waals surface area contributed by atoms with Crippen molar-refractivity contribution in [3.05, 3.63) is 0 Å². The summed E-state index contributed by atoms with van der Waals surface area (Å²) in [6.45, 7) is 2.20. The zero-order valence-electron chi connectivity index (χ0n) is 12.8. The minimum atomic E-state index is -0.264. The van der Waals surface area contributed by atoms with Crippen molar-refractivity contribution in [2.75, 3.05) is 17.2 Å². The third kappa shape index (κ3) is 14.6. The molecule has 0 saturated heterocycles. The van der Waals surface area contributed by atoms with Gasteiger partial charge in [0.1, 0.15) is 6.10 Å². The molecule has 0 spiro atoms. The lowest BCUT2D eigenvalue weighted by Crippen LogP contribution is -2.33. The first-order valence-electron chi connectivity index (χ1n) is 7.68. The minimum absolute atomic E-state index is 0.0322. The smallest absolute Gasteiger partial charge is 0.306 e. The van der Waals surface area contributed by atoms with Crippen LogP contribution in [0.3, 0.4) is 0 Å². The number of carbonyl (C=O) groups excluding carboxylic acids is 2. The molecule has 1 atom stereocenters. The van der Waals surface area contributed by atoms with Gasteiger partial charge in [0, 0.05) is 23.5 Å². The van der Waals surface area contributed by atoms with Crippen molar-refractivity contribution in [2.24, 2.45) is 0 Å². The van der Waals surface area contributed by atoms with Gasteiger partial charge in [-0.25, -0.2) is 0 Å². The summed E-state index contributed by atoms with van der Waals surface area (Å²) in [7, 11) is 0. The Morgan fingerprint density at radius 2 is 1.52 bits per heavy atom. The Morgan fingerprint density at radius 1 is 0.952 bits per heavy atom. The molecule has 6 heteroatoms. The van der Waals surface area contributed by atoms with E-state index in [9.17, 15) is 9.59 Å². The van der Waals surface area contributed by atoms with E-state index in [4.69, 9.17) is 4.74 Å². The molecule has 1 unspecified atom stereocenters. The van der Waals surface area contributed by atoms with Crippen molar-refractivity contribution in [3.8, 4) is 0 Å². The number of hydrogen-bond donors (Lipinski definition) is 1. The molecule has 0 aliphatic carbocycles. The maximum atomic E-state index is 11.6. The summed E-state index contributed by atoms with van der Waals surface area (Å²) in [6.07, 6.45) is 6.75. The molecular weight excluding hydrogens is 402 g/mol. The number of esters is 1. The second-order valence-corrected chi connectivity index (χ2v) is 6.69. The lowest BCUT2D eigenvalue weighted by Gasteiger charge is -2.14. The van der Waals surface area contributed by atoms with Gasteiger partial charge in [0.2, 0.25) is 5.91 Å². The monoisotopic (exact) mass is 427 g/mol. The summed E-state index contributed by atoms with van der Waals surface area (Å²) in [5.74, 6) is -0.145. The van der Waals surface area contributed by atoms with Crippen LogP contribution in [0.5, 0.6) is 0 Å².